The molecule has 0 amide bonds. The normalized spacial score (nSPS) is 11.3. The van der Waals surface area contributed by atoms with Crippen LogP contribution < -0.4 is 0 Å². The Morgan fingerprint density at radius 3 is 2.54 bits per heavy atom. The Morgan fingerprint density at radius 2 is 2.08 bits per heavy atom. The van der Waals surface area contributed by atoms with Crippen LogP contribution in [0.2, 0.25) is 0 Å². The van der Waals surface area contributed by atoms with E-state index in [1.165, 1.54) is 0 Å². The van der Waals surface area contributed by atoms with Crippen LogP contribution in [-0.2, 0) is 14.1 Å². The molecule has 0 fully saturated rings. The second kappa shape index (κ2) is 6.13. The smallest absolute Gasteiger partial charge is 0.325 e. The number of hydrogen-bond donors (Lipinski definition) is 2. The number of carbonyl (C=O) groups is 1. The first-order valence-corrected chi connectivity index (χ1v) is 5.95. The molecule has 0 spiro atoms. The highest BCUT2D eigenvalue weighted by Gasteiger charge is 2.12. The van der Waals surface area contributed by atoms with Crippen LogP contribution in [0.25, 0.3) is 0 Å². The second-order valence-electron chi connectivity index (χ2n) is 2.71. The van der Waals surface area contributed by atoms with E-state index in [4.69, 9.17) is 14.5 Å². The van der Waals surface area contributed by atoms with E-state index in [1.54, 1.807) is 0 Å². The summed E-state index contributed by atoms with van der Waals surface area (Å²) in [4.78, 5) is 27.7. The number of carbonyl (C=O) groups excluding carboxylic acids is 1. The molecule has 0 saturated heterocycles. The molecule has 6 heteroatoms. The van der Waals surface area contributed by atoms with Gasteiger partial charge in [0.05, 0.1) is 12.8 Å². The van der Waals surface area contributed by atoms with Crippen molar-refractivity contribution < 1.29 is 23.9 Å². The molecule has 13 heavy (non-hydrogen) atoms. The predicted octanol–water partition coefficient (Wildman–Crippen LogP) is 0.897. The maximum atomic E-state index is 10.8. The van der Waals surface area contributed by atoms with E-state index in [2.05, 4.69) is 0 Å². The van der Waals surface area contributed by atoms with Crippen LogP contribution in [0.4, 0.5) is 0 Å². The standard InChI is InChI=1S/C7H15O5P/c1-2-4-7(8)12-5-3-6-13(9,10)11/h2-6H2,1H3,(H2,9,10,11). The number of esters is 1. The molecule has 5 nitrogen and oxygen atoms in total. The molecule has 0 atom stereocenters. The first kappa shape index (κ1) is 12.6. The molecule has 0 saturated carbocycles. The first-order chi connectivity index (χ1) is 5.95. The van der Waals surface area contributed by atoms with Gasteiger partial charge in [0.15, 0.2) is 0 Å². The highest BCUT2D eigenvalue weighted by Crippen LogP contribution is 2.34. The summed E-state index contributed by atoms with van der Waals surface area (Å²) in [5.74, 6) is -0.312. The van der Waals surface area contributed by atoms with Crippen LogP contribution in [0.1, 0.15) is 26.2 Å². The van der Waals surface area contributed by atoms with Crippen molar-refractivity contribution in [1.29, 1.82) is 0 Å². The molecule has 0 rings (SSSR count). The van der Waals surface area contributed by atoms with Crippen LogP contribution in [-0.4, -0.2) is 28.5 Å². The summed E-state index contributed by atoms with van der Waals surface area (Å²) in [6.07, 6.45) is 1.05. The minimum atomic E-state index is -3.93. The SMILES string of the molecule is CCCC(=O)OCCCP(=O)(O)O. The van der Waals surface area contributed by atoms with Gasteiger partial charge in [-0.25, -0.2) is 0 Å². The van der Waals surface area contributed by atoms with Crippen molar-refractivity contribution in [3.05, 3.63) is 0 Å². The van der Waals surface area contributed by atoms with Crippen molar-refractivity contribution in [3.8, 4) is 0 Å². The summed E-state index contributed by atoms with van der Waals surface area (Å²) < 4.78 is 15.1. The Hall–Kier alpha value is -0.380. The lowest BCUT2D eigenvalue weighted by Crippen LogP contribution is -2.06. The quantitative estimate of drug-likeness (QED) is 0.386. The zero-order valence-corrected chi connectivity index (χ0v) is 8.50. The van der Waals surface area contributed by atoms with Crippen molar-refractivity contribution in [1.82, 2.24) is 0 Å². The summed E-state index contributed by atoms with van der Waals surface area (Å²) in [6, 6.07) is 0. The predicted molar refractivity (Wildman–Crippen MR) is 47.4 cm³/mol. The fourth-order valence-electron chi connectivity index (χ4n) is 0.733. The van der Waals surface area contributed by atoms with Gasteiger partial charge in [-0.15, -0.1) is 0 Å². The van der Waals surface area contributed by atoms with Crippen LogP contribution >= 0.6 is 7.60 Å². The lowest BCUT2D eigenvalue weighted by molar-refractivity contribution is -0.143. The van der Waals surface area contributed by atoms with Gasteiger partial charge in [-0.2, -0.15) is 0 Å². The van der Waals surface area contributed by atoms with Crippen molar-refractivity contribution >= 4 is 13.6 Å². The van der Waals surface area contributed by atoms with E-state index >= 15 is 0 Å². The van der Waals surface area contributed by atoms with E-state index in [-0.39, 0.29) is 25.2 Å². The minimum absolute atomic E-state index is 0.0872. The summed E-state index contributed by atoms with van der Waals surface area (Å²) >= 11 is 0. The van der Waals surface area contributed by atoms with E-state index in [0.29, 0.717) is 6.42 Å². The van der Waals surface area contributed by atoms with Gasteiger partial charge in [-0.05, 0) is 12.8 Å². The molecule has 0 aromatic carbocycles. The molecular weight excluding hydrogens is 195 g/mol. The second-order valence-corrected chi connectivity index (χ2v) is 4.49. The van der Waals surface area contributed by atoms with Crippen LogP contribution in [0, 0.1) is 0 Å². The molecule has 2 N–H and O–H groups in total. The van der Waals surface area contributed by atoms with E-state index < -0.39 is 7.60 Å². The number of ether oxygens (including phenoxy) is 1. The maximum absolute atomic E-state index is 10.8. The van der Waals surface area contributed by atoms with Gasteiger partial charge in [0.1, 0.15) is 0 Å². The fourth-order valence-corrected chi connectivity index (χ4v) is 1.27. The lowest BCUT2D eigenvalue weighted by atomic mass is 10.3. The molecule has 0 aromatic heterocycles. The third kappa shape index (κ3) is 9.53. The molecule has 0 aliphatic rings. The van der Waals surface area contributed by atoms with Crippen molar-refractivity contribution in [2.24, 2.45) is 0 Å². The molecule has 0 aromatic rings. The van der Waals surface area contributed by atoms with Crippen molar-refractivity contribution in [2.45, 2.75) is 26.2 Å². The molecule has 0 radical (unpaired) electrons. The highest BCUT2D eigenvalue weighted by atomic mass is 31.2. The van der Waals surface area contributed by atoms with Crippen molar-refractivity contribution in [3.63, 3.8) is 0 Å². The fraction of sp³-hybridized carbons (Fsp3) is 0.857. The van der Waals surface area contributed by atoms with Crippen molar-refractivity contribution in [2.75, 3.05) is 12.8 Å². The molecule has 0 aliphatic carbocycles. The van der Waals surface area contributed by atoms with Gasteiger partial charge in [-0.3, -0.25) is 9.36 Å². The van der Waals surface area contributed by atoms with E-state index in [1.807, 2.05) is 6.92 Å². The van der Waals surface area contributed by atoms with E-state index in [0.717, 1.165) is 6.42 Å². The lowest BCUT2D eigenvalue weighted by Gasteiger charge is -2.04. The maximum Gasteiger partial charge on any atom is 0.325 e. The van der Waals surface area contributed by atoms with Crippen LogP contribution in [0.15, 0.2) is 0 Å². The zero-order valence-electron chi connectivity index (χ0n) is 7.60. The molecule has 0 aliphatic heterocycles. The van der Waals surface area contributed by atoms with Gasteiger partial charge in [0.25, 0.3) is 0 Å². The Labute approximate surface area is 77.3 Å². The third-order valence-corrected chi connectivity index (χ3v) is 2.21. The summed E-state index contributed by atoms with van der Waals surface area (Å²) in [6.45, 7) is 1.95. The minimum Gasteiger partial charge on any atom is -0.466 e. The average Bonchev–Trinajstić information content (AvgIpc) is 1.97. The van der Waals surface area contributed by atoms with Gasteiger partial charge >= 0.3 is 13.6 Å². The monoisotopic (exact) mass is 210 g/mol. The first-order valence-electron chi connectivity index (χ1n) is 4.16. The zero-order chi connectivity index (χ0) is 10.3. The number of rotatable bonds is 6. The molecule has 0 heterocycles. The van der Waals surface area contributed by atoms with E-state index in [9.17, 15) is 9.36 Å². The Morgan fingerprint density at radius 1 is 1.46 bits per heavy atom. The van der Waals surface area contributed by atoms with Crippen LogP contribution in [0.5, 0.6) is 0 Å². The van der Waals surface area contributed by atoms with Gasteiger partial charge in [0, 0.05) is 6.42 Å². The molecule has 0 bridgehead atoms. The third-order valence-electron chi connectivity index (χ3n) is 1.31. The van der Waals surface area contributed by atoms with Crippen LogP contribution in [0.3, 0.4) is 0 Å². The van der Waals surface area contributed by atoms with Gasteiger partial charge in [0.2, 0.25) is 0 Å². The number of hydrogen-bond acceptors (Lipinski definition) is 3. The Balaban J connectivity index is 3.36. The summed E-state index contributed by atoms with van der Waals surface area (Å²) in [5.41, 5.74) is 0. The Bertz CT molecular complexity index is 197. The Kier molecular flexibility index (Phi) is 5.95. The van der Waals surface area contributed by atoms with Gasteiger partial charge in [-0.1, -0.05) is 6.92 Å². The summed E-state index contributed by atoms with van der Waals surface area (Å²) in [7, 11) is -3.93. The largest absolute Gasteiger partial charge is 0.466 e. The topological polar surface area (TPSA) is 83.8 Å². The highest BCUT2D eigenvalue weighted by molar-refractivity contribution is 7.51. The van der Waals surface area contributed by atoms with Gasteiger partial charge < -0.3 is 14.5 Å². The molecule has 0 unspecified atom stereocenters. The average molecular weight is 210 g/mol. The molecule has 78 valence electrons. The molecular formula is C7H15O5P. The summed E-state index contributed by atoms with van der Waals surface area (Å²) in [5, 5.41) is 0.